The quantitative estimate of drug-likeness (QED) is 0.404. The van der Waals surface area contributed by atoms with Gasteiger partial charge in [0.25, 0.3) is 5.09 Å². The second kappa shape index (κ2) is 6.71. The molecular weight excluding hydrogens is 358 g/mol. The summed E-state index contributed by atoms with van der Waals surface area (Å²) in [5, 5.41) is 12.5. The topological polar surface area (TPSA) is 112 Å². The molecule has 0 spiro atoms. The number of imidazole rings is 1. The number of anilines is 1. The Bertz CT molecular complexity index is 996. The molecule has 0 unspecified atom stereocenters. The Hall–Kier alpha value is -3.01. The smallest absolute Gasteiger partial charge is 0.294 e. The van der Waals surface area contributed by atoms with Crippen molar-refractivity contribution in [3.8, 4) is 11.4 Å². The first-order valence-corrected chi connectivity index (χ1v) is 8.96. The Balaban J connectivity index is 1.50. The minimum absolute atomic E-state index is 0.0973. The highest BCUT2D eigenvalue weighted by atomic mass is 32.1. The summed E-state index contributed by atoms with van der Waals surface area (Å²) in [6.07, 6.45) is 4.06. The highest BCUT2D eigenvalue weighted by Gasteiger charge is 2.26. The Morgan fingerprint density at radius 2 is 2.27 bits per heavy atom. The Labute approximate surface area is 151 Å². The molecular formula is C16H15N5O4S. The minimum atomic E-state index is -0.861. The van der Waals surface area contributed by atoms with Gasteiger partial charge in [0.15, 0.2) is 5.13 Å². The molecule has 1 N–H and O–H groups in total. The van der Waals surface area contributed by atoms with Crippen LogP contribution in [0.2, 0.25) is 0 Å². The largest absolute Gasteiger partial charge is 0.314 e. The van der Waals surface area contributed by atoms with Gasteiger partial charge in [0, 0.05) is 17.5 Å². The molecule has 4 rings (SSSR count). The van der Waals surface area contributed by atoms with Crippen molar-refractivity contribution >= 4 is 28.0 Å². The number of aromatic nitrogens is 3. The molecule has 10 heteroatoms. The summed E-state index contributed by atoms with van der Waals surface area (Å²) in [7, 11) is 0. The van der Waals surface area contributed by atoms with Gasteiger partial charge in [-0.25, -0.2) is 9.97 Å². The van der Waals surface area contributed by atoms with E-state index in [2.05, 4.69) is 20.1 Å². The zero-order valence-electron chi connectivity index (χ0n) is 13.7. The SMILES string of the molecule is O=C(CCCO[N+](=O)[O-])Nc1nc2c(s1)CCc1nc3ccccn3c1-2. The summed E-state index contributed by atoms with van der Waals surface area (Å²) in [4.78, 5) is 36.7. The molecule has 3 heterocycles. The summed E-state index contributed by atoms with van der Waals surface area (Å²) >= 11 is 1.46. The van der Waals surface area contributed by atoms with Crippen LogP contribution in [-0.2, 0) is 22.5 Å². The van der Waals surface area contributed by atoms with Crippen LogP contribution in [0.4, 0.5) is 5.13 Å². The van der Waals surface area contributed by atoms with E-state index in [0.717, 1.165) is 40.4 Å². The van der Waals surface area contributed by atoms with Gasteiger partial charge in [0.1, 0.15) is 11.3 Å². The first-order chi connectivity index (χ1) is 12.6. The van der Waals surface area contributed by atoms with E-state index in [4.69, 9.17) is 0 Å². The number of amides is 1. The average Bonchev–Trinajstić information content (AvgIpc) is 3.18. The van der Waals surface area contributed by atoms with Gasteiger partial charge in [0.2, 0.25) is 5.91 Å². The lowest BCUT2D eigenvalue weighted by Crippen LogP contribution is -2.13. The fraction of sp³-hybridized carbons (Fsp3) is 0.312. The number of carbonyl (C=O) groups excluding carboxylic acids is 1. The normalized spacial score (nSPS) is 12.5. The molecule has 0 saturated heterocycles. The predicted octanol–water partition coefficient (Wildman–Crippen LogP) is 2.48. The molecule has 1 aliphatic rings. The summed E-state index contributed by atoms with van der Waals surface area (Å²) < 4.78 is 2.02. The minimum Gasteiger partial charge on any atom is -0.314 e. The van der Waals surface area contributed by atoms with E-state index in [9.17, 15) is 14.9 Å². The van der Waals surface area contributed by atoms with Crippen molar-refractivity contribution < 1.29 is 14.7 Å². The second-order valence-corrected chi connectivity index (χ2v) is 6.92. The molecule has 0 aliphatic heterocycles. The Kier molecular flexibility index (Phi) is 4.25. The first kappa shape index (κ1) is 16.5. The molecule has 1 amide bonds. The van der Waals surface area contributed by atoms with Crippen LogP contribution in [0.3, 0.4) is 0 Å². The highest BCUT2D eigenvalue weighted by molar-refractivity contribution is 7.16. The molecule has 134 valence electrons. The van der Waals surface area contributed by atoms with Crippen LogP contribution in [0.5, 0.6) is 0 Å². The summed E-state index contributed by atoms with van der Waals surface area (Å²) in [5.74, 6) is -0.235. The Morgan fingerprint density at radius 3 is 3.12 bits per heavy atom. The van der Waals surface area contributed by atoms with Gasteiger partial charge >= 0.3 is 0 Å². The Morgan fingerprint density at radius 1 is 1.38 bits per heavy atom. The zero-order valence-corrected chi connectivity index (χ0v) is 14.5. The van der Waals surface area contributed by atoms with Crippen LogP contribution in [0.25, 0.3) is 17.0 Å². The van der Waals surface area contributed by atoms with E-state index >= 15 is 0 Å². The number of nitrogens with one attached hydrogen (secondary N) is 1. The monoisotopic (exact) mass is 373 g/mol. The molecule has 0 fully saturated rings. The van der Waals surface area contributed by atoms with Crippen molar-refractivity contribution in [3.63, 3.8) is 0 Å². The number of fused-ring (bicyclic) bond motifs is 5. The number of pyridine rings is 1. The van der Waals surface area contributed by atoms with Crippen LogP contribution in [0.1, 0.15) is 23.4 Å². The molecule has 0 radical (unpaired) electrons. The van der Waals surface area contributed by atoms with E-state index in [1.807, 2.05) is 28.8 Å². The van der Waals surface area contributed by atoms with E-state index in [1.165, 1.54) is 11.3 Å². The van der Waals surface area contributed by atoms with Gasteiger partial charge in [0.05, 0.1) is 18.0 Å². The van der Waals surface area contributed by atoms with Crippen molar-refractivity contribution in [2.24, 2.45) is 0 Å². The molecule has 0 bridgehead atoms. The lowest BCUT2D eigenvalue weighted by Gasteiger charge is -2.09. The van der Waals surface area contributed by atoms with Crippen molar-refractivity contribution in [1.82, 2.24) is 14.4 Å². The third kappa shape index (κ3) is 3.10. The molecule has 1 aliphatic carbocycles. The van der Waals surface area contributed by atoms with Crippen LogP contribution in [-0.4, -0.2) is 32.0 Å². The maximum absolute atomic E-state index is 12.0. The van der Waals surface area contributed by atoms with Crippen molar-refractivity contribution in [3.05, 3.63) is 45.1 Å². The van der Waals surface area contributed by atoms with Gasteiger partial charge in [-0.3, -0.25) is 9.20 Å². The summed E-state index contributed by atoms with van der Waals surface area (Å²) in [6, 6.07) is 5.86. The van der Waals surface area contributed by atoms with Crippen molar-refractivity contribution in [1.29, 1.82) is 0 Å². The van der Waals surface area contributed by atoms with Crippen LogP contribution >= 0.6 is 11.3 Å². The lowest BCUT2D eigenvalue weighted by atomic mass is 10.0. The molecule has 3 aromatic rings. The van der Waals surface area contributed by atoms with Gasteiger partial charge < -0.3 is 10.2 Å². The standard InChI is InChI=1S/C16H15N5O4S/c22-13(5-3-9-25-21(23)24)18-16-19-14-11(26-16)7-6-10-15(14)20-8-2-1-4-12(20)17-10/h1-2,4,8H,3,5-7,9H2,(H,18,19,22). The molecule has 0 saturated carbocycles. The van der Waals surface area contributed by atoms with E-state index in [0.29, 0.717) is 5.13 Å². The number of thiazole rings is 1. The molecule has 3 aromatic heterocycles. The predicted molar refractivity (Wildman–Crippen MR) is 94.5 cm³/mol. The zero-order chi connectivity index (χ0) is 18.1. The third-order valence-corrected chi connectivity index (χ3v) is 5.13. The van der Waals surface area contributed by atoms with Gasteiger partial charge in [-0.15, -0.1) is 21.5 Å². The molecule has 9 nitrogen and oxygen atoms in total. The number of hydrogen-bond acceptors (Lipinski definition) is 7. The van der Waals surface area contributed by atoms with E-state index in [-0.39, 0.29) is 25.4 Å². The second-order valence-electron chi connectivity index (χ2n) is 5.84. The first-order valence-electron chi connectivity index (χ1n) is 8.15. The van der Waals surface area contributed by atoms with E-state index in [1.54, 1.807) is 0 Å². The van der Waals surface area contributed by atoms with Gasteiger partial charge in [-0.2, -0.15) is 0 Å². The summed E-state index contributed by atoms with van der Waals surface area (Å²) in [6.45, 7) is -0.0973. The lowest BCUT2D eigenvalue weighted by molar-refractivity contribution is -0.757. The average molecular weight is 373 g/mol. The van der Waals surface area contributed by atoms with Crippen molar-refractivity contribution in [2.75, 3.05) is 11.9 Å². The van der Waals surface area contributed by atoms with Crippen LogP contribution < -0.4 is 5.32 Å². The number of carbonyl (C=O) groups is 1. The number of aryl methyl sites for hydroxylation is 2. The molecule has 26 heavy (non-hydrogen) atoms. The molecule has 0 aromatic carbocycles. The number of nitrogens with zero attached hydrogens (tertiary/aromatic N) is 4. The third-order valence-electron chi connectivity index (χ3n) is 4.10. The van der Waals surface area contributed by atoms with Crippen molar-refractivity contribution in [2.45, 2.75) is 25.7 Å². The van der Waals surface area contributed by atoms with Crippen LogP contribution in [0, 0.1) is 10.1 Å². The van der Waals surface area contributed by atoms with E-state index < -0.39 is 5.09 Å². The number of rotatable bonds is 6. The van der Waals surface area contributed by atoms with Gasteiger partial charge in [-0.1, -0.05) is 6.07 Å². The van der Waals surface area contributed by atoms with Gasteiger partial charge in [-0.05, 0) is 31.4 Å². The number of hydrogen-bond donors (Lipinski definition) is 1. The molecule has 0 atom stereocenters. The maximum atomic E-state index is 12.0. The highest BCUT2D eigenvalue weighted by Crippen LogP contribution is 2.38. The fourth-order valence-corrected chi connectivity index (χ4v) is 3.99. The fourth-order valence-electron chi connectivity index (χ4n) is 3.01. The van der Waals surface area contributed by atoms with Crippen LogP contribution in [0.15, 0.2) is 24.4 Å². The maximum Gasteiger partial charge on any atom is 0.294 e. The summed E-state index contributed by atoms with van der Waals surface area (Å²) in [5.41, 5.74) is 3.75.